The highest BCUT2D eigenvalue weighted by atomic mass is 35.5. The Morgan fingerprint density at radius 3 is 2.45 bits per heavy atom. The summed E-state index contributed by atoms with van der Waals surface area (Å²) in [5.74, 6) is 0.817. The Kier molecular flexibility index (Phi) is 6.34. The van der Waals surface area contributed by atoms with Crippen molar-refractivity contribution in [2.24, 2.45) is 5.92 Å². The molecule has 0 heterocycles. The van der Waals surface area contributed by atoms with Gasteiger partial charge in [0, 0.05) is 24.2 Å². The fourth-order valence-electron chi connectivity index (χ4n) is 2.78. The van der Waals surface area contributed by atoms with Crippen LogP contribution in [-0.2, 0) is 0 Å². The fraction of sp³-hybridized carbons (Fsp3) is 0.647. The molecule has 2 nitrogen and oxygen atoms in total. The minimum Gasteiger partial charge on any atom is -0.308 e. The number of rotatable bonds is 9. The number of nitrogens with one attached hydrogen (secondary N) is 1. The molecule has 1 aromatic carbocycles. The molecule has 0 aromatic heterocycles. The summed E-state index contributed by atoms with van der Waals surface area (Å²) in [6.45, 7) is 9.04. The van der Waals surface area contributed by atoms with Crippen molar-refractivity contribution in [1.29, 1.82) is 0 Å². The summed E-state index contributed by atoms with van der Waals surface area (Å²) in [7, 11) is 0. The van der Waals surface area contributed by atoms with E-state index in [2.05, 4.69) is 36.2 Å². The third-order valence-corrected chi connectivity index (χ3v) is 4.35. The first-order valence-electron chi connectivity index (χ1n) is 7.95. The Labute approximate surface area is 128 Å². The lowest BCUT2D eigenvalue weighted by Gasteiger charge is -2.23. The van der Waals surface area contributed by atoms with Crippen LogP contribution in [0.25, 0.3) is 0 Å². The van der Waals surface area contributed by atoms with Gasteiger partial charge in [0.25, 0.3) is 0 Å². The second kappa shape index (κ2) is 8.02. The van der Waals surface area contributed by atoms with Crippen molar-refractivity contribution in [3.63, 3.8) is 0 Å². The SMILES string of the molecule is CCCN(CC)CCNC(c1ccc(Cl)cc1)C1CC1. The van der Waals surface area contributed by atoms with Gasteiger partial charge in [-0.15, -0.1) is 0 Å². The highest BCUT2D eigenvalue weighted by molar-refractivity contribution is 6.30. The van der Waals surface area contributed by atoms with Gasteiger partial charge in [0.2, 0.25) is 0 Å². The molecule has 0 aliphatic heterocycles. The Morgan fingerprint density at radius 2 is 1.90 bits per heavy atom. The molecule has 1 fully saturated rings. The number of halogens is 1. The predicted molar refractivity (Wildman–Crippen MR) is 87.3 cm³/mol. The molecule has 0 saturated heterocycles. The first-order valence-corrected chi connectivity index (χ1v) is 8.33. The van der Waals surface area contributed by atoms with Crippen LogP contribution in [0.15, 0.2) is 24.3 Å². The standard InChI is InChI=1S/C17H27ClN2/c1-3-12-20(4-2)13-11-19-17(14-5-6-14)15-7-9-16(18)10-8-15/h7-10,14,17,19H,3-6,11-13H2,1-2H3. The summed E-state index contributed by atoms with van der Waals surface area (Å²) in [5, 5.41) is 4.58. The molecular formula is C17H27ClN2. The van der Waals surface area contributed by atoms with Crippen LogP contribution in [0.4, 0.5) is 0 Å². The monoisotopic (exact) mass is 294 g/mol. The van der Waals surface area contributed by atoms with Crippen molar-refractivity contribution < 1.29 is 0 Å². The van der Waals surface area contributed by atoms with E-state index in [0.29, 0.717) is 6.04 Å². The summed E-state index contributed by atoms with van der Waals surface area (Å²) in [6, 6.07) is 8.85. The molecule has 1 saturated carbocycles. The molecule has 1 aromatic rings. The number of hydrogen-bond acceptors (Lipinski definition) is 2. The molecule has 20 heavy (non-hydrogen) atoms. The molecule has 112 valence electrons. The summed E-state index contributed by atoms with van der Waals surface area (Å²) in [5.41, 5.74) is 1.38. The molecule has 0 amide bonds. The zero-order valence-electron chi connectivity index (χ0n) is 12.7. The van der Waals surface area contributed by atoms with Gasteiger partial charge in [-0.2, -0.15) is 0 Å². The minimum absolute atomic E-state index is 0.507. The van der Waals surface area contributed by atoms with E-state index in [9.17, 15) is 0 Å². The zero-order valence-corrected chi connectivity index (χ0v) is 13.5. The minimum atomic E-state index is 0.507. The summed E-state index contributed by atoms with van der Waals surface area (Å²) in [4.78, 5) is 2.51. The molecule has 0 bridgehead atoms. The Morgan fingerprint density at radius 1 is 1.20 bits per heavy atom. The molecule has 1 unspecified atom stereocenters. The van der Waals surface area contributed by atoms with Crippen molar-refractivity contribution in [1.82, 2.24) is 10.2 Å². The molecule has 1 atom stereocenters. The molecule has 3 heteroatoms. The van der Waals surface area contributed by atoms with E-state index in [-0.39, 0.29) is 0 Å². The van der Waals surface area contributed by atoms with Crippen LogP contribution >= 0.6 is 11.6 Å². The highest BCUT2D eigenvalue weighted by Crippen LogP contribution is 2.41. The van der Waals surface area contributed by atoms with Gasteiger partial charge >= 0.3 is 0 Å². The average molecular weight is 295 g/mol. The quantitative estimate of drug-likeness (QED) is 0.737. The lowest BCUT2D eigenvalue weighted by molar-refractivity contribution is 0.280. The molecule has 1 N–H and O–H groups in total. The van der Waals surface area contributed by atoms with Crippen molar-refractivity contribution in [2.75, 3.05) is 26.2 Å². The first kappa shape index (κ1) is 15.8. The third-order valence-electron chi connectivity index (χ3n) is 4.10. The van der Waals surface area contributed by atoms with Gasteiger partial charge in [-0.1, -0.05) is 37.6 Å². The smallest absolute Gasteiger partial charge is 0.0406 e. The van der Waals surface area contributed by atoms with Crippen LogP contribution in [-0.4, -0.2) is 31.1 Å². The van der Waals surface area contributed by atoms with Gasteiger partial charge < -0.3 is 10.2 Å². The Balaban J connectivity index is 1.85. The van der Waals surface area contributed by atoms with Crippen LogP contribution in [0.3, 0.4) is 0 Å². The largest absolute Gasteiger partial charge is 0.308 e. The molecular weight excluding hydrogens is 268 g/mol. The molecule has 1 aliphatic rings. The van der Waals surface area contributed by atoms with E-state index in [1.54, 1.807) is 0 Å². The topological polar surface area (TPSA) is 15.3 Å². The molecule has 1 aliphatic carbocycles. The van der Waals surface area contributed by atoms with Crippen LogP contribution in [0.5, 0.6) is 0 Å². The van der Waals surface area contributed by atoms with E-state index >= 15 is 0 Å². The second-order valence-electron chi connectivity index (χ2n) is 5.76. The van der Waals surface area contributed by atoms with Crippen molar-refractivity contribution in [3.05, 3.63) is 34.9 Å². The van der Waals surface area contributed by atoms with Gasteiger partial charge in [-0.3, -0.25) is 0 Å². The fourth-order valence-corrected chi connectivity index (χ4v) is 2.90. The number of likely N-dealkylation sites (N-methyl/N-ethyl adjacent to an activating group) is 1. The average Bonchev–Trinajstić information content (AvgIpc) is 3.28. The van der Waals surface area contributed by atoms with Crippen LogP contribution in [0.2, 0.25) is 5.02 Å². The lowest BCUT2D eigenvalue weighted by atomic mass is 10.0. The number of nitrogens with zero attached hydrogens (tertiary/aromatic N) is 1. The number of hydrogen-bond donors (Lipinski definition) is 1. The van der Waals surface area contributed by atoms with E-state index in [1.165, 1.54) is 31.4 Å². The highest BCUT2D eigenvalue weighted by Gasteiger charge is 2.31. The normalized spacial score (nSPS) is 16.6. The van der Waals surface area contributed by atoms with Gasteiger partial charge in [0.05, 0.1) is 0 Å². The Hall–Kier alpha value is -0.570. The lowest BCUT2D eigenvalue weighted by Crippen LogP contribution is -2.34. The second-order valence-corrected chi connectivity index (χ2v) is 6.19. The van der Waals surface area contributed by atoms with Crippen molar-refractivity contribution >= 4 is 11.6 Å². The predicted octanol–water partition coefficient (Wildman–Crippen LogP) is 4.11. The number of benzene rings is 1. The summed E-state index contributed by atoms with van der Waals surface area (Å²) >= 11 is 5.98. The maximum absolute atomic E-state index is 5.98. The maximum Gasteiger partial charge on any atom is 0.0406 e. The van der Waals surface area contributed by atoms with Crippen LogP contribution in [0, 0.1) is 5.92 Å². The van der Waals surface area contributed by atoms with Gasteiger partial charge in [-0.25, -0.2) is 0 Å². The first-order chi connectivity index (χ1) is 9.74. The zero-order chi connectivity index (χ0) is 14.4. The van der Waals surface area contributed by atoms with Gasteiger partial charge in [0.1, 0.15) is 0 Å². The van der Waals surface area contributed by atoms with Crippen LogP contribution in [0.1, 0.15) is 44.7 Å². The van der Waals surface area contributed by atoms with Crippen molar-refractivity contribution in [2.45, 2.75) is 39.2 Å². The molecule has 0 radical (unpaired) electrons. The van der Waals surface area contributed by atoms with E-state index in [1.807, 2.05) is 12.1 Å². The maximum atomic E-state index is 5.98. The summed E-state index contributed by atoms with van der Waals surface area (Å²) in [6.07, 6.45) is 3.94. The van der Waals surface area contributed by atoms with E-state index in [4.69, 9.17) is 11.6 Å². The Bertz CT molecular complexity index is 386. The van der Waals surface area contributed by atoms with E-state index < -0.39 is 0 Å². The molecule has 2 rings (SSSR count). The summed E-state index contributed by atoms with van der Waals surface area (Å²) < 4.78 is 0. The van der Waals surface area contributed by atoms with E-state index in [0.717, 1.165) is 30.6 Å². The molecule has 0 spiro atoms. The third kappa shape index (κ3) is 4.76. The van der Waals surface area contributed by atoms with Crippen molar-refractivity contribution in [3.8, 4) is 0 Å². The van der Waals surface area contributed by atoms with Gasteiger partial charge in [0.15, 0.2) is 0 Å². The van der Waals surface area contributed by atoms with Gasteiger partial charge in [-0.05, 0) is 56.0 Å². The van der Waals surface area contributed by atoms with Crippen LogP contribution < -0.4 is 5.32 Å².